The maximum absolute atomic E-state index is 12.2. The lowest BCUT2D eigenvalue weighted by Gasteiger charge is -1.94. The Labute approximate surface area is 64.5 Å². The van der Waals surface area contributed by atoms with Gasteiger partial charge in [0.1, 0.15) is 7.85 Å². The number of halogens is 1. The second-order valence-electron chi connectivity index (χ2n) is 1.95. The molecule has 3 nitrogen and oxygen atoms in total. The highest BCUT2D eigenvalue weighted by molar-refractivity contribution is 6.32. The van der Waals surface area contributed by atoms with Gasteiger partial charge >= 0.3 is 0 Å². The molecular formula is C6H10BFO3. The van der Waals surface area contributed by atoms with E-state index < -0.39 is 5.82 Å². The third-order valence-electron chi connectivity index (χ3n) is 1.10. The molecule has 0 radical (unpaired) electrons. The van der Waals surface area contributed by atoms with Gasteiger partial charge in [0.15, 0.2) is 11.6 Å². The smallest absolute Gasteiger partial charge is 0.164 e. The van der Waals surface area contributed by atoms with E-state index in [0.717, 1.165) is 5.46 Å². The molecular weight excluding hydrogens is 150 g/mol. The van der Waals surface area contributed by atoms with Crippen molar-refractivity contribution in [3.63, 3.8) is 0 Å². The van der Waals surface area contributed by atoms with Crippen LogP contribution < -0.4 is 5.46 Å². The number of phenolic OH excluding ortho intramolecular Hbond substituents is 1. The van der Waals surface area contributed by atoms with E-state index in [1.165, 1.54) is 12.1 Å². The molecule has 0 aliphatic carbocycles. The summed E-state index contributed by atoms with van der Waals surface area (Å²) in [5.74, 6) is -0.851. The van der Waals surface area contributed by atoms with Crippen molar-refractivity contribution in [2.24, 2.45) is 0 Å². The zero-order valence-corrected chi connectivity index (χ0v) is 6.06. The van der Waals surface area contributed by atoms with Crippen LogP contribution >= 0.6 is 0 Å². The maximum Gasteiger partial charge on any atom is 0.164 e. The standard InChI is InChI=1S/C6H6BFO.2H2O/c7-4-1-2-5(8)6(9)3-4;;/h1-3,9H,7H2;2*1H2. The Hall–Kier alpha value is -1.07. The highest BCUT2D eigenvalue weighted by Gasteiger charge is 1.95. The van der Waals surface area contributed by atoms with Gasteiger partial charge in [0.05, 0.1) is 0 Å². The van der Waals surface area contributed by atoms with Gasteiger partial charge in [-0.1, -0.05) is 11.5 Å². The lowest BCUT2D eigenvalue weighted by molar-refractivity contribution is 0.433. The van der Waals surface area contributed by atoms with Crippen molar-refractivity contribution >= 4 is 13.3 Å². The monoisotopic (exact) mass is 160 g/mol. The first kappa shape index (κ1) is 12.6. The third kappa shape index (κ3) is 3.02. The van der Waals surface area contributed by atoms with Crippen LogP contribution in [0.25, 0.3) is 0 Å². The first-order chi connectivity index (χ1) is 4.20. The highest BCUT2D eigenvalue weighted by atomic mass is 19.1. The molecule has 5 heteroatoms. The summed E-state index contributed by atoms with van der Waals surface area (Å²) in [6, 6.07) is 4.23. The van der Waals surface area contributed by atoms with Crippen LogP contribution in [0.5, 0.6) is 5.75 Å². The molecule has 0 aliphatic heterocycles. The van der Waals surface area contributed by atoms with E-state index in [9.17, 15) is 4.39 Å². The van der Waals surface area contributed by atoms with Gasteiger partial charge in [-0.15, -0.1) is 0 Å². The number of benzene rings is 1. The fourth-order valence-electron chi connectivity index (χ4n) is 0.623. The molecule has 0 saturated heterocycles. The molecule has 0 fully saturated rings. The van der Waals surface area contributed by atoms with Crippen molar-refractivity contribution in [1.82, 2.24) is 0 Å². The molecule has 1 rings (SSSR count). The molecule has 5 N–H and O–H groups in total. The van der Waals surface area contributed by atoms with E-state index in [2.05, 4.69) is 0 Å². The largest absolute Gasteiger partial charge is 0.505 e. The van der Waals surface area contributed by atoms with Crippen molar-refractivity contribution in [3.05, 3.63) is 24.0 Å². The summed E-state index contributed by atoms with van der Waals surface area (Å²) in [4.78, 5) is 0. The molecule has 0 aromatic heterocycles. The number of phenols is 1. The van der Waals surface area contributed by atoms with Gasteiger partial charge in [0.25, 0.3) is 0 Å². The van der Waals surface area contributed by atoms with E-state index in [1.54, 1.807) is 13.9 Å². The van der Waals surface area contributed by atoms with Crippen LogP contribution in [-0.2, 0) is 0 Å². The van der Waals surface area contributed by atoms with Crippen LogP contribution in [0.2, 0.25) is 0 Å². The van der Waals surface area contributed by atoms with Crippen molar-refractivity contribution in [2.45, 2.75) is 0 Å². The van der Waals surface area contributed by atoms with Crippen LogP contribution in [0.15, 0.2) is 18.2 Å². The van der Waals surface area contributed by atoms with Gasteiger partial charge in [0, 0.05) is 0 Å². The van der Waals surface area contributed by atoms with Gasteiger partial charge in [-0.2, -0.15) is 0 Å². The van der Waals surface area contributed by atoms with E-state index in [0.29, 0.717) is 0 Å². The highest BCUT2D eigenvalue weighted by Crippen LogP contribution is 2.10. The summed E-state index contributed by atoms with van der Waals surface area (Å²) in [5, 5.41) is 8.73. The summed E-state index contributed by atoms with van der Waals surface area (Å²) in [6.45, 7) is 0. The lowest BCUT2D eigenvalue weighted by Crippen LogP contribution is -2.00. The molecule has 0 spiro atoms. The second kappa shape index (κ2) is 4.70. The minimum absolute atomic E-state index is 0. The van der Waals surface area contributed by atoms with Gasteiger partial charge in [-0.25, -0.2) is 4.39 Å². The Morgan fingerprint density at radius 3 is 2.18 bits per heavy atom. The van der Waals surface area contributed by atoms with E-state index in [1.807, 2.05) is 0 Å². The van der Waals surface area contributed by atoms with E-state index >= 15 is 0 Å². The minimum atomic E-state index is -0.569. The molecule has 0 amide bonds. The van der Waals surface area contributed by atoms with Crippen molar-refractivity contribution in [2.75, 3.05) is 0 Å². The SMILES string of the molecule is Bc1ccc(F)c(O)c1.O.O. The average molecular weight is 160 g/mol. The van der Waals surface area contributed by atoms with Crippen LogP contribution in [0.1, 0.15) is 0 Å². The molecule has 62 valence electrons. The molecule has 0 aliphatic rings. The fraction of sp³-hybridized carbons (Fsp3) is 0. The summed E-state index contributed by atoms with van der Waals surface area (Å²) < 4.78 is 12.2. The molecule has 0 saturated carbocycles. The first-order valence-corrected chi connectivity index (χ1v) is 2.65. The molecule has 0 atom stereocenters. The quantitative estimate of drug-likeness (QED) is 0.443. The summed E-state index contributed by atoms with van der Waals surface area (Å²) >= 11 is 0. The third-order valence-corrected chi connectivity index (χ3v) is 1.10. The molecule has 11 heavy (non-hydrogen) atoms. The van der Waals surface area contributed by atoms with Gasteiger partial charge in [0.2, 0.25) is 0 Å². The molecule has 1 aromatic rings. The molecule has 0 unspecified atom stereocenters. The summed E-state index contributed by atoms with van der Waals surface area (Å²) in [5.41, 5.74) is 0.855. The Morgan fingerprint density at radius 2 is 1.82 bits per heavy atom. The number of hydrogen-bond acceptors (Lipinski definition) is 1. The second-order valence-corrected chi connectivity index (χ2v) is 1.95. The normalized spacial score (nSPS) is 7.73. The number of rotatable bonds is 0. The van der Waals surface area contributed by atoms with Crippen molar-refractivity contribution < 1.29 is 20.4 Å². The van der Waals surface area contributed by atoms with Crippen LogP contribution in [0, 0.1) is 5.82 Å². The van der Waals surface area contributed by atoms with Crippen LogP contribution in [-0.4, -0.2) is 23.9 Å². The topological polar surface area (TPSA) is 83.2 Å². The summed E-state index contributed by atoms with van der Waals surface area (Å²) in [7, 11) is 1.79. The number of aromatic hydroxyl groups is 1. The fourth-order valence-corrected chi connectivity index (χ4v) is 0.623. The first-order valence-electron chi connectivity index (χ1n) is 2.65. The predicted molar refractivity (Wildman–Crippen MR) is 43.5 cm³/mol. The Morgan fingerprint density at radius 1 is 1.27 bits per heavy atom. The van der Waals surface area contributed by atoms with E-state index in [4.69, 9.17) is 5.11 Å². The molecule has 0 bridgehead atoms. The number of hydrogen-bond donors (Lipinski definition) is 1. The van der Waals surface area contributed by atoms with Crippen LogP contribution in [0.4, 0.5) is 4.39 Å². The van der Waals surface area contributed by atoms with Crippen molar-refractivity contribution in [1.29, 1.82) is 0 Å². The van der Waals surface area contributed by atoms with Gasteiger partial charge < -0.3 is 16.1 Å². The lowest BCUT2D eigenvalue weighted by atomic mass is 9.96. The van der Waals surface area contributed by atoms with Gasteiger partial charge in [-0.05, 0) is 12.1 Å². The zero-order chi connectivity index (χ0) is 6.85. The van der Waals surface area contributed by atoms with Crippen molar-refractivity contribution in [3.8, 4) is 5.75 Å². The molecule has 1 aromatic carbocycles. The Balaban J connectivity index is 0. The predicted octanol–water partition coefficient (Wildman–Crippen LogP) is -1.86. The van der Waals surface area contributed by atoms with Gasteiger partial charge in [-0.3, -0.25) is 0 Å². The molecule has 0 heterocycles. The van der Waals surface area contributed by atoms with Crippen LogP contribution in [0.3, 0.4) is 0 Å². The Kier molecular flexibility index (Phi) is 5.39. The van der Waals surface area contributed by atoms with E-state index in [-0.39, 0.29) is 16.7 Å². The average Bonchev–Trinajstić information content (AvgIpc) is 1.80. The maximum atomic E-state index is 12.2. The Bertz CT molecular complexity index is 229. The minimum Gasteiger partial charge on any atom is -0.505 e. The summed E-state index contributed by atoms with van der Waals surface area (Å²) in [6.07, 6.45) is 0. The zero-order valence-electron chi connectivity index (χ0n) is 6.06.